The Kier molecular flexibility index (Phi) is 17.4. The molecule has 1 heterocycles. The quantitative estimate of drug-likeness (QED) is 0.537. The number of hydrogen-bond acceptors (Lipinski definition) is 2. The predicted molar refractivity (Wildman–Crippen MR) is 86.4 cm³/mol. The van der Waals surface area contributed by atoms with E-state index in [9.17, 15) is 0 Å². The summed E-state index contributed by atoms with van der Waals surface area (Å²) in [6, 6.07) is 4.12. The van der Waals surface area contributed by atoms with E-state index in [2.05, 4.69) is 81.3 Å². The average Bonchev–Trinajstić information content (AvgIpc) is 2.33. The zero-order valence-electron chi connectivity index (χ0n) is 9.87. The van der Waals surface area contributed by atoms with E-state index < -0.39 is 0 Å². The first kappa shape index (κ1) is 17.9. The molecule has 0 radical (unpaired) electrons. The first-order valence-corrected chi connectivity index (χ1v) is 8.90. The van der Waals surface area contributed by atoms with E-state index in [1.54, 1.807) is 0 Å². The van der Waals surface area contributed by atoms with Crippen molar-refractivity contribution in [2.45, 2.75) is 6.42 Å². The fourth-order valence-electron chi connectivity index (χ4n) is 0.902. The summed E-state index contributed by atoms with van der Waals surface area (Å²) in [5.74, 6) is 0. The molecule has 1 aromatic rings. The van der Waals surface area contributed by atoms with Crippen molar-refractivity contribution in [1.82, 2.24) is 9.88 Å². The van der Waals surface area contributed by atoms with Crippen LogP contribution in [0.25, 0.3) is 0 Å². The van der Waals surface area contributed by atoms with Gasteiger partial charge in [-0.2, -0.15) is 0 Å². The molecular formula is C11H20I2N2. The third-order valence-corrected chi connectivity index (χ3v) is 1.60. The fourth-order valence-corrected chi connectivity index (χ4v) is 0.902. The van der Waals surface area contributed by atoms with Crippen molar-refractivity contribution < 1.29 is 0 Å². The molecule has 0 spiro atoms. The summed E-state index contributed by atoms with van der Waals surface area (Å²) >= 11 is 4.30. The highest BCUT2D eigenvalue weighted by molar-refractivity contribution is 14.1. The molecule has 1 rings (SSSR count). The van der Waals surface area contributed by atoms with Gasteiger partial charge in [0.2, 0.25) is 0 Å². The molecule has 0 unspecified atom stereocenters. The molecule has 0 aliphatic carbocycles. The Morgan fingerprint density at radius 3 is 1.93 bits per heavy atom. The second-order valence-electron chi connectivity index (χ2n) is 2.91. The van der Waals surface area contributed by atoms with Crippen LogP contribution < -0.4 is 0 Å². The van der Waals surface area contributed by atoms with Crippen molar-refractivity contribution in [1.29, 1.82) is 0 Å². The molecule has 0 fully saturated rings. The van der Waals surface area contributed by atoms with Gasteiger partial charge in [-0.05, 0) is 48.1 Å². The minimum atomic E-state index is 1.10. The Hall–Kier alpha value is 0.570. The Balaban J connectivity index is 0. The maximum atomic E-state index is 3.96. The molecule has 0 bridgehead atoms. The van der Waals surface area contributed by atoms with Crippen molar-refractivity contribution in [3.8, 4) is 0 Å². The van der Waals surface area contributed by atoms with Gasteiger partial charge in [0, 0.05) is 18.9 Å². The van der Waals surface area contributed by atoms with Crippen LogP contribution in [0.4, 0.5) is 0 Å². The van der Waals surface area contributed by atoms with E-state index in [1.807, 2.05) is 22.3 Å². The Morgan fingerprint density at radius 1 is 1.07 bits per heavy atom. The molecular weight excluding hydrogens is 414 g/mol. The van der Waals surface area contributed by atoms with Crippen molar-refractivity contribution in [3.05, 3.63) is 30.1 Å². The molecule has 0 amide bonds. The lowest BCUT2D eigenvalue weighted by atomic mass is 10.2. The zero-order chi connectivity index (χ0) is 12.1. The van der Waals surface area contributed by atoms with Gasteiger partial charge in [-0.15, -0.1) is 0 Å². The van der Waals surface area contributed by atoms with Crippen LogP contribution in [0.2, 0.25) is 0 Å². The van der Waals surface area contributed by atoms with Gasteiger partial charge in [0.1, 0.15) is 0 Å². The van der Waals surface area contributed by atoms with Gasteiger partial charge < -0.3 is 4.90 Å². The third kappa shape index (κ3) is 12.5. The first-order valence-electron chi connectivity index (χ1n) is 4.58. The number of rotatable bonds is 3. The van der Waals surface area contributed by atoms with E-state index in [0.29, 0.717) is 0 Å². The number of pyridine rings is 1. The van der Waals surface area contributed by atoms with E-state index in [-0.39, 0.29) is 0 Å². The lowest BCUT2D eigenvalue weighted by Crippen LogP contribution is -2.14. The molecule has 0 saturated heterocycles. The lowest BCUT2D eigenvalue weighted by molar-refractivity contribution is 0.413. The normalized spacial score (nSPS) is 8.47. The summed E-state index contributed by atoms with van der Waals surface area (Å²) in [7, 11) is 4.17. The molecule has 0 saturated carbocycles. The topological polar surface area (TPSA) is 16.1 Å². The predicted octanol–water partition coefficient (Wildman–Crippen LogP) is 3.29. The second-order valence-corrected chi connectivity index (χ2v) is 2.91. The summed E-state index contributed by atoms with van der Waals surface area (Å²) in [6.07, 6.45) is 4.78. The van der Waals surface area contributed by atoms with Crippen LogP contribution >= 0.6 is 45.2 Å². The summed E-state index contributed by atoms with van der Waals surface area (Å²) in [6.45, 7) is 1.10. The summed E-state index contributed by atoms with van der Waals surface area (Å²) < 4.78 is 0. The molecule has 15 heavy (non-hydrogen) atoms. The van der Waals surface area contributed by atoms with Crippen LogP contribution in [0, 0.1) is 0 Å². The van der Waals surface area contributed by atoms with Gasteiger partial charge in [-0.25, -0.2) is 0 Å². The number of aromatic nitrogens is 1. The van der Waals surface area contributed by atoms with E-state index in [4.69, 9.17) is 0 Å². The van der Waals surface area contributed by atoms with Crippen LogP contribution in [0.5, 0.6) is 0 Å². The first-order chi connectivity index (χ1) is 7.29. The Labute approximate surface area is 121 Å². The Morgan fingerprint density at radius 2 is 1.53 bits per heavy atom. The monoisotopic (exact) mass is 434 g/mol. The largest absolute Gasteiger partial charge is 0.309 e. The molecule has 0 aliphatic rings. The van der Waals surface area contributed by atoms with Gasteiger partial charge in [0.25, 0.3) is 0 Å². The van der Waals surface area contributed by atoms with E-state index in [1.165, 1.54) is 5.56 Å². The van der Waals surface area contributed by atoms with Gasteiger partial charge in [-0.1, -0.05) is 45.2 Å². The smallest absolute Gasteiger partial charge is 0.0270 e. The molecule has 0 atom stereocenters. The minimum Gasteiger partial charge on any atom is -0.309 e. The summed E-state index contributed by atoms with van der Waals surface area (Å²) in [5.41, 5.74) is 1.36. The van der Waals surface area contributed by atoms with Gasteiger partial charge in [0.15, 0.2) is 0 Å². The third-order valence-electron chi connectivity index (χ3n) is 1.60. The van der Waals surface area contributed by atoms with Crippen LogP contribution in [0.15, 0.2) is 24.5 Å². The molecule has 88 valence electrons. The van der Waals surface area contributed by atoms with E-state index in [0.717, 1.165) is 13.0 Å². The minimum absolute atomic E-state index is 1.10. The maximum absolute atomic E-state index is 3.96. The van der Waals surface area contributed by atoms with Crippen molar-refractivity contribution in [2.24, 2.45) is 0 Å². The number of nitrogens with zero attached hydrogens (tertiary/aromatic N) is 2. The van der Waals surface area contributed by atoms with Crippen LogP contribution in [0.3, 0.4) is 0 Å². The van der Waals surface area contributed by atoms with Crippen molar-refractivity contribution >= 4 is 45.2 Å². The number of hydrogen-bond donors (Lipinski definition) is 0. The van der Waals surface area contributed by atoms with Crippen molar-refractivity contribution in [2.75, 3.05) is 30.5 Å². The van der Waals surface area contributed by atoms with Crippen LogP contribution in [-0.2, 0) is 6.42 Å². The maximum Gasteiger partial charge on any atom is 0.0270 e. The molecule has 0 N–H and O–H groups in total. The second kappa shape index (κ2) is 14.6. The molecule has 4 heteroatoms. The SMILES string of the molecule is CI.CI.CN(C)CCc1ccncc1. The fraction of sp³-hybridized carbons (Fsp3) is 0.545. The summed E-state index contributed by atoms with van der Waals surface area (Å²) in [4.78, 5) is 10.1. The van der Waals surface area contributed by atoms with E-state index >= 15 is 0 Å². The number of likely N-dealkylation sites (N-methyl/N-ethyl adjacent to an activating group) is 1. The molecule has 2 nitrogen and oxygen atoms in total. The zero-order valence-corrected chi connectivity index (χ0v) is 14.2. The van der Waals surface area contributed by atoms with Crippen LogP contribution in [-0.4, -0.2) is 40.4 Å². The number of alkyl halides is 2. The highest BCUT2D eigenvalue weighted by Gasteiger charge is 1.92. The Bertz CT molecular complexity index is 203. The highest BCUT2D eigenvalue weighted by Crippen LogP contribution is 1.97. The van der Waals surface area contributed by atoms with Gasteiger partial charge >= 0.3 is 0 Å². The summed E-state index contributed by atoms with van der Waals surface area (Å²) in [5, 5.41) is 0. The van der Waals surface area contributed by atoms with Crippen molar-refractivity contribution in [3.63, 3.8) is 0 Å². The standard InChI is InChI=1S/C9H14N2.2CH3I/c1-11(2)8-5-9-3-6-10-7-4-9;2*1-2/h3-4,6-7H,5,8H2,1-2H3;2*1H3. The van der Waals surface area contributed by atoms with Gasteiger partial charge in [-0.3, -0.25) is 4.98 Å². The number of halogens is 2. The van der Waals surface area contributed by atoms with Gasteiger partial charge in [0.05, 0.1) is 0 Å². The average molecular weight is 434 g/mol. The molecule has 0 aliphatic heterocycles. The lowest BCUT2D eigenvalue weighted by Gasteiger charge is -2.08. The molecule has 1 aromatic heterocycles. The molecule has 0 aromatic carbocycles. The highest BCUT2D eigenvalue weighted by atomic mass is 127. The van der Waals surface area contributed by atoms with Crippen LogP contribution in [0.1, 0.15) is 5.56 Å².